The molecule has 0 bridgehead atoms. The largest absolute Gasteiger partial charge is 0.310 e. The number of benzene rings is 1. The zero-order valence-corrected chi connectivity index (χ0v) is 25.1. The van der Waals surface area contributed by atoms with Crippen LogP contribution in [-0.2, 0) is 13.0 Å². The van der Waals surface area contributed by atoms with Gasteiger partial charge in [0.25, 0.3) is 0 Å². The van der Waals surface area contributed by atoms with Gasteiger partial charge in [0, 0.05) is 23.7 Å². The molecule has 1 aromatic carbocycles. The van der Waals surface area contributed by atoms with Gasteiger partial charge in [-0.2, -0.15) is 5.10 Å². The molecule has 1 N–H and O–H groups in total. The summed E-state index contributed by atoms with van der Waals surface area (Å²) >= 11 is 0. The number of aromatic amines is 1. The molecule has 0 saturated heterocycles. The molecule has 2 aliphatic rings. The zero-order chi connectivity index (χ0) is 28.2. The Morgan fingerprint density at radius 1 is 0.927 bits per heavy atom. The predicted octanol–water partition coefficient (Wildman–Crippen LogP) is 7.86. The summed E-state index contributed by atoms with van der Waals surface area (Å²) in [6, 6.07) is 11.6. The quantitative estimate of drug-likeness (QED) is 0.215. The normalized spacial score (nSPS) is 17.1. The third-order valence-corrected chi connectivity index (χ3v) is 9.26. The van der Waals surface area contributed by atoms with Gasteiger partial charge in [0.1, 0.15) is 5.82 Å². The molecule has 41 heavy (non-hydrogen) atoms. The molecule has 2 fully saturated rings. The lowest BCUT2D eigenvalue weighted by Gasteiger charge is -2.24. The van der Waals surface area contributed by atoms with Crippen LogP contribution < -0.4 is 0 Å². The van der Waals surface area contributed by atoms with Crippen molar-refractivity contribution >= 4 is 0 Å². The molecule has 8 heteroatoms. The van der Waals surface area contributed by atoms with Gasteiger partial charge in [0.2, 0.25) is 0 Å². The molecule has 0 unspecified atom stereocenters. The third kappa shape index (κ3) is 6.02. The van der Waals surface area contributed by atoms with E-state index in [-0.39, 0.29) is 0 Å². The van der Waals surface area contributed by atoms with Gasteiger partial charge < -0.3 is 4.57 Å². The molecule has 0 aliphatic heterocycles. The van der Waals surface area contributed by atoms with Crippen LogP contribution in [0.3, 0.4) is 0 Å². The Labute approximate surface area is 244 Å². The maximum Gasteiger partial charge on any atom is 0.196 e. The topological polar surface area (TPSA) is 90.1 Å². The van der Waals surface area contributed by atoms with Crippen LogP contribution in [0.4, 0.5) is 0 Å². The van der Waals surface area contributed by atoms with Crippen molar-refractivity contribution in [3.05, 3.63) is 58.8 Å². The molecule has 218 valence electrons. The van der Waals surface area contributed by atoms with E-state index >= 15 is 0 Å². The first-order valence-corrected chi connectivity index (χ1v) is 16.1. The molecule has 0 spiro atoms. The second-order valence-corrected chi connectivity index (χ2v) is 12.6. The molecule has 0 radical (unpaired) electrons. The van der Waals surface area contributed by atoms with Crippen molar-refractivity contribution in [2.24, 2.45) is 0 Å². The molecule has 0 amide bonds. The number of H-pyrrole nitrogens is 1. The van der Waals surface area contributed by atoms with E-state index in [0.717, 1.165) is 49.0 Å². The van der Waals surface area contributed by atoms with Gasteiger partial charge in [0.15, 0.2) is 11.6 Å². The van der Waals surface area contributed by atoms with E-state index in [1.165, 1.54) is 86.7 Å². The number of rotatable bonds is 10. The van der Waals surface area contributed by atoms with E-state index in [1.807, 2.05) is 0 Å². The van der Waals surface area contributed by atoms with Gasteiger partial charge in [-0.3, -0.25) is 0 Å². The molecule has 0 atom stereocenters. The van der Waals surface area contributed by atoms with Gasteiger partial charge in [0.05, 0.1) is 12.2 Å². The van der Waals surface area contributed by atoms with Crippen LogP contribution in [0.1, 0.15) is 144 Å². The second-order valence-electron chi connectivity index (χ2n) is 12.6. The lowest BCUT2D eigenvalue weighted by molar-refractivity contribution is 0.432. The van der Waals surface area contributed by atoms with Crippen LogP contribution in [0.15, 0.2) is 30.3 Å². The Kier molecular flexibility index (Phi) is 8.63. The fraction of sp³-hybridized carbons (Fsp3) is 0.606. The van der Waals surface area contributed by atoms with E-state index < -0.39 is 0 Å². The van der Waals surface area contributed by atoms with Crippen LogP contribution in [0.2, 0.25) is 0 Å². The Hall–Kier alpha value is -3.29. The van der Waals surface area contributed by atoms with Gasteiger partial charge >= 0.3 is 0 Å². The maximum absolute atomic E-state index is 4.89. The van der Waals surface area contributed by atoms with Crippen LogP contribution in [0.25, 0.3) is 17.2 Å². The second kappa shape index (κ2) is 12.7. The summed E-state index contributed by atoms with van der Waals surface area (Å²) in [6.45, 7) is 7.31. The number of hydrogen-bond donors (Lipinski definition) is 1. The number of nitrogens with one attached hydrogen (secondary N) is 1. The minimum atomic E-state index is 0.327. The predicted molar refractivity (Wildman–Crippen MR) is 162 cm³/mol. The van der Waals surface area contributed by atoms with Gasteiger partial charge in [-0.15, -0.1) is 5.10 Å². The highest BCUT2D eigenvalue weighted by Crippen LogP contribution is 2.44. The van der Waals surface area contributed by atoms with E-state index in [0.29, 0.717) is 17.8 Å². The standard InChI is InChI=1S/C33H46N8/c1-4-5-16-30-34-32(23(2)3)37-40(30)22-24-17-19-27(20-18-24)41-29(26-14-10-7-11-15-26)21-28(25-12-8-6-9-13-25)31(41)33-35-38-39-36-33/h17-21,23,25-26H,4-16,22H2,1-3H3,(H,35,36,38,39). The average Bonchev–Trinajstić information content (AvgIpc) is 3.76. The van der Waals surface area contributed by atoms with Crippen molar-refractivity contribution in [2.45, 2.75) is 129 Å². The highest BCUT2D eigenvalue weighted by atomic mass is 15.5. The van der Waals surface area contributed by atoms with Crippen molar-refractivity contribution in [1.82, 2.24) is 40.0 Å². The summed E-state index contributed by atoms with van der Waals surface area (Å²) in [6.07, 6.45) is 16.2. The Balaban J connectivity index is 1.38. The van der Waals surface area contributed by atoms with Crippen molar-refractivity contribution in [3.8, 4) is 17.2 Å². The van der Waals surface area contributed by atoms with Crippen LogP contribution in [0.5, 0.6) is 0 Å². The number of aryl methyl sites for hydroxylation is 1. The molecular weight excluding hydrogens is 508 g/mol. The van der Waals surface area contributed by atoms with Gasteiger partial charge in [-0.05, 0) is 83.7 Å². The molecule has 2 aliphatic carbocycles. The van der Waals surface area contributed by atoms with Gasteiger partial charge in [-0.25, -0.2) is 14.8 Å². The summed E-state index contributed by atoms with van der Waals surface area (Å²) in [4.78, 5) is 4.88. The maximum atomic E-state index is 4.89. The van der Waals surface area contributed by atoms with Crippen molar-refractivity contribution < 1.29 is 0 Å². The summed E-state index contributed by atoms with van der Waals surface area (Å²) in [5.41, 5.74) is 6.46. The molecule has 8 nitrogen and oxygen atoms in total. The highest BCUT2D eigenvalue weighted by Gasteiger charge is 2.30. The van der Waals surface area contributed by atoms with Crippen LogP contribution in [-0.4, -0.2) is 40.0 Å². The van der Waals surface area contributed by atoms with E-state index in [9.17, 15) is 0 Å². The summed E-state index contributed by atoms with van der Waals surface area (Å²) in [5.74, 6) is 4.28. The monoisotopic (exact) mass is 554 g/mol. The first-order valence-electron chi connectivity index (χ1n) is 16.1. The molecule has 4 aromatic rings. The number of hydrogen-bond acceptors (Lipinski definition) is 5. The van der Waals surface area contributed by atoms with Crippen molar-refractivity contribution in [1.29, 1.82) is 0 Å². The smallest absolute Gasteiger partial charge is 0.196 e. The minimum absolute atomic E-state index is 0.327. The lowest BCUT2D eigenvalue weighted by atomic mass is 9.82. The third-order valence-electron chi connectivity index (χ3n) is 9.26. The average molecular weight is 555 g/mol. The summed E-state index contributed by atoms with van der Waals surface area (Å²) in [7, 11) is 0. The number of unbranched alkanes of at least 4 members (excludes halogenated alkanes) is 1. The zero-order valence-electron chi connectivity index (χ0n) is 25.1. The molecule has 2 saturated carbocycles. The molecule has 3 heterocycles. The molecule has 3 aromatic heterocycles. The first kappa shape index (κ1) is 27.9. The van der Waals surface area contributed by atoms with E-state index in [4.69, 9.17) is 10.1 Å². The Bertz CT molecular complexity index is 1380. The first-order chi connectivity index (χ1) is 20.1. The van der Waals surface area contributed by atoms with Crippen LogP contribution in [0, 0.1) is 0 Å². The molecular formula is C33H46N8. The van der Waals surface area contributed by atoms with Crippen molar-refractivity contribution in [2.75, 3.05) is 0 Å². The fourth-order valence-corrected chi connectivity index (χ4v) is 6.96. The van der Waals surface area contributed by atoms with Crippen LogP contribution >= 0.6 is 0 Å². The van der Waals surface area contributed by atoms with Gasteiger partial charge in [-0.1, -0.05) is 77.8 Å². The molecule has 6 rings (SSSR count). The Morgan fingerprint density at radius 3 is 2.27 bits per heavy atom. The lowest BCUT2D eigenvalue weighted by Crippen LogP contribution is -2.12. The number of aromatic nitrogens is 8. The number of tetrazole rings is 1. The highest BCUT2D eigenvalue weighted by molar-refractivity contribution is 5.63. The number of nitrogens with zero attached hydrogens (tertiary/aromatic N) is 7. The van der Waals surface area contributed by atoms with E-state index in [1.54, 1.807) is 0 Å². The van der Waals surface area contributed by atoms with Crippen molar-refractivity contribution in [3.63, 3.8) is 0 Å². The minimum Gasteiger partial charge on any atom is -0.310 e. The summed E-state index contributed by atoms with van der Waals surface area (Å²) in [5, 5.41) is 20.5. The SMILES string of the molecule is CCCCc1nc(C(C)C)nn1Cc1ccc(-n2c(C3CCCCC3)cc(C3CCCCC3)c2-c2nnn[nH]2)cc1. The fourth-order valence-electron chi connectivity index (χ4n) is 6.96. The Morgan fingerprint density at radius 2 is 1.63 bits per heavy atom. The van der Waals surface area contributed by atoms with E-state index in [2.05, 4.69) is 81.0 Å². The summed E-state index contributed by atoms with van der Waals surface area (Å²) < 4.78 is 4.61.